The van der Waals surface area contributed by atoms with E-state index in [-0.39, 0.29) is 23.5 Å². The second-order valence-corrected chi connectivity index (χ2v) is 5.06. The molecule has 0 spiro atoms. The number of aliphatic carboxylic acids is 1. The van der Waals surface area contributed by atoms with Crippen LogP contribution in [-0.4, -0.2) is 16.6 Å². The van der Waals surface area contributed by atoms with Gasteiger partial charge in [0.15, 0.2) is 0 Å². The Hall–Kier alpha value is -1.32. The Bertz CT molecular complexity index is 371. The molecule has 19 heavy (non-hydrogen) atoms. The molecule has 0 atom stereocenters. The van der Waals surface area contributed by atoms with Crippen LogP contribution >= 0.6 is 12.4 Å². The normalized spacial score (nSPS) is 9.68. The lowest BCUT2D eigenvalue weighted by Crippen LogP contribution is -2.32. The summed E-state index contributed by atoms with van der Waals surface area (Å²) >= 11 is 0. The molecule has 0 fully saturated rings. The second-order valence-electron chi connectivity index (χ2n) is 5.06. The number of carboxylic acids is 1. The van der Waals surface area contributed by atoms with Gasteiger partial charge in [-0.2, -0.15) is 0 Å². The summed E-state index contributed by atoms with van der Waals surface area (Å²) in [6.07, 6.45) is 2.11. The van der Waals surface area contributed by atoms with Crippen molar-refractivity contribution in [3.05, 3.63) is 48.0 Å². The molecule has 1 aromatic carbocycles. The van der Waals surface area contributed by atoms with Gasteiger partial charge in [0, 0.05) is 11.1 Å². The molecule has 1 aromatic rings. The van der Waals surface area contributed by atoms with E-state index in [0.717, 1.165) is 12.8 Å². The van der Waals surface area contributed by atoms with Crippen molar-refractivity contribution < 1.29 is 9.90 Å². The Morgan fingerprint density at radius 3 is 2.05 bits per heavy atom. The minimum atomic E-state index is -0.935. The van der Waals surface area contributed by atoms with E-state index in [9.17, 15) is 4.79 Å². The van der Waals surface area contributed by atoms with E-state index < -0.39 is 5.97 Å². The third-order valence-corrected chi connectivity index (χ3v) is 2.27. The molecule has 3 N–H and O–H groups in total. The lowest BCUT2D eigenvalue weighted by Gasteiger charge is -2.17. The van der Waals surface area contributed by atoms with Crippen LogP contribution in [0.4, 0.5) is 0 Å². The maximum absolute atomic E-state index is 9.60. The SMILES string of the molecule is C=C(C)C(=O)O.CC(C)(N)CCc1ccccc1.Cl. The molecule has 0 bridgehead atoms. The fourth-order valence-electron chi connectivity index (χ4n) is 1.11. The van der Waals surface area contributed by atoms with Gasteiger partial charge in [0.2, 0.25) is 0 Å². The van der Waals surface area contributed by atoms with Gasteiger partial charge in [-0.3, -0.25) is 0 Å². The van der Waals surface area contributed by atoms with Gasteiger partial charge >= 0.3 is 5.97 Å². The summed E-state index contributed by atoms with van der Waals surface area (Å²) in [6, 6.07) is 10.5. The van der Waals surface area contributed by atoms with Crippen molar-refractivity contribution in [1.29, 1.82) is 0 Å². The fourth-order valence-corrected chi connectivity index (χ4v) is 1.11. The number of benzene rings is 1. The van der Waals surface area contributed by atoms with Gasteiger partial charge in [-0.1, -0.05) is 36.9 Å². The highest BCUT2D eigenvalue weighted by atomic mass is 35.5. The zero-order valence-corrected chi connectivity index (χ0v) is 12.7. The largest absolute Gasteiger partial charge is 0.478 e. The molecule has 0 saturated carbocycles. The molecule has 3 nitrogen and oxygen atoms in total. The van der Waals surface area contributed by atoms with E-state index >= 15 is 0 Å². The zero-order valence-electron chi connectivity index (χ0n) is 11.8. The van der Waals surface area contributed by atoms with Gasteiger partial charge in [-0.15, -0.1) is 12.4 Å². The first-order valence-electron chi connectivity index (χ1n) is 5.94. The molecule has 1 rings (SSSR count). The Balaban J connectivity index is 0. The lowest BCUT2D eigenvalue weighted by molar-refractivity contribution is -0.132. The van der Waals surface area contributed by atoms with Gasteiger partial charge in [-0.25, -0.2) is 4.79 Å². The molecule has 0 amide bonds. The third kappa shape index (κ3) is 12.9. The first kappa shape index (κ1) is 20.0. The van der Waals surface area contributed by atoms with Crippen LogP contribution in [0.2, 0.25) is 0 Å². The maximum atomic E-state index is 9.60. The van der Waals surface area contributed by atoms with E-state index in [1.54, 1.807) is 0 Å². The van der Waals surface area contributed by atoms with Crippen LogP contribution in [0.1, 0.15) is 32.8 Å². The van der Waals surface area contributed by atoms with Crippen molar-refractivity contribution >= 4 is 18.4 Å². The van der Waals surface area contributed by atoms with E-state index in [1.807, 2.05) is 6.07 Å². The van der Waals surface area contributed by atoms with Gasteiger partial charge in [-0.05, 0) is 39.2 Å². The highest BCUT2D eigenvalue weighted by Crippen LogP contribution is 2.09. The number of carbonyl (C=O) groups is 1. The Labute approximate surface area is 121 Å². The van der Waals surface area contributed by atoms with Crippen molar-refractivity contribution in [2.45, 2.75) is 39.2 Å². The lowest BCUT2D eigenvalue weighted by atomic mass is 9.97. The van der Waals surface area contributed by atoms with Crippen LogP contribution in [-0.2, 0) is 11.2 Å². The minimum absolute atomic E-state index is 0. The summed E-state index contributed by atoms with van der Waals surface area (Å²) in [4.78, 5) is 9.60. The minimum Gasteiger partial charge on any atom is -0.478 e. The van der Waals surface area contributed by atoms with Gasteiger partial charge < -0.3 is 10.8 Å². The van der Waals surface area contributed by atoms with Crippen LogP contribution < -0.4 is 5.73 Å². The molecule has 0 aliphatic heterocycles. The third-order valence-electron chi connectivity index (χ3n) is 2.27. The topological polar surface area (TPSA) is 63.3 Å². The van der Waals surface area contributed by atoms with Gasteiger partial charge in [0.1, 0.15) is 0 Å². The monoisotopic (exact) mass is 285 g/mol. The molecular formula is C15H24ClNO2. The predicted octanol–water partition coefficient (Wildman–Crippen LogP) is 3.43. The molecule has 4 heteroatoms. The number of rotatable bonds is 4. The second kappa shape index (κ2) is 9.59. The molecular weight excluding hydrogens is 262 g/mol. The van der Waals surface area contributed by atoms with Gasteiger partial charge in [0.05, 0.1) is 0 Å². The quantitative estimate of drug-likeness (QED) is 0.833. The van der Waals surface area contributed by atoms with Crippen LogP contribution in [0.5, 0.6) is 0 Å². The van der Waals surface area contributed by atoms with Crippen molar-refractivity contribution in [3.8, 4) is 0 Å². The number of hydrogen-bond donors (Lipinski definition) is 2. The van der Waals surface area contributed by atoms with Crippen molar-refractivity contribution in [2.75, 3.05) is 0 Å². The number of carboxylic acid groups (broad SMARTS) is 1. The summed E-state index contributed by atoms with van der Waals surface area (Å²) in [5.41, 5.74) is 7.38. The van der Waals surface area contributed by atoms with Crippen LogP contribution in [0.25, 0.3) is 0 Å². The molecule has 0 aromatic heterocycles. The van der Waals surface area contributed by atoms with Crippen LogP contribution in [0.3, 0.4) is 0 Å². The van der Waals surface area contributed by atoms with Crippen molar-refractivity contribution in [1.82, 2.24) is 0 Å². The Morgan fingerprint density at radius 2 is 1.74 bits per heavy atom. The summed E-state index contributed by atoms with van der Waals surface area (Å²) in [6.45, 7) is 8.73. The molecule has 108 valence electrons. The van der Waals surface area contributed by atoms with Crippen molar-refractivity contribution in [2.24, 2.45) is 5.73 Å². The average molecular weight is 286 g/mol. The number of hydrogen-bond acceptors (Lipinski definition) is 2. The van der Waals surface area contributed by atoms with Crippen LogP contribution in [0, 0.1) is 0 Å². The molecule has 0 aliphatic rings. The first-order valence-corrected chi connectivity index (χ1v) is 5.94. The smallest absolute Gasteiger partial charge is 0.330 e. The van der Waals surface area contributed by atoms with E-state index in [4.69, 9.17) is 10.8 Å². The zero-order chi connectivity index (χ0) is 14.2. The average Bonchev–Trinajstić information content (AvgIpc) is 2.27. The highest BCUT2D eigenvalue weighted by Gasteiger charge is 2.09. The number of nitrogens with two attached hydrogens (primary N) is 1. The van der Waals surface area contributed by atoms with Gasteiger partial charge in [0.25, 0.3) is 0 Å². The van der Waals surface area contributed by atoms with Crippen molar-refractivity contribution in [3.63, 3.8) is 0 Å². The molecule has 0 radical (unpaired) electrons. The predicted molar refractivity (Wildman–Crippen MR) is 82.7 cm³/mol. The molecule has 0 saturated heterocycles. The number of aryl methyl sites for hydroxylation is 1. The summed E-state index contributed by atoms with van der Waals surface area (Å²) < 4.78 is 0. The fraction of sp³-hybridized carbons (Fsp3) is 0.400. The molecule has 0 aliphatic carbocycles. The van der Waals surface area contributed by atoms with E-state index in [1.165, 1.54) is 12.5 Å². The summed E-state index contributed by atoms with van der Waals surface area (Å²) in [5, 5.41) is 7.89. The Morgan fingerprint density at radius 1 is 1.32 bits per heavy atom. The highest BCUT2D eigenvalue weighted by molar-refractivity contribution is 5.85. The summed E-state index contributed by atoms with van der Waals surface area (Å²) in [5.74, 6) is -0.935. The molecule has 0 unspecified atom stereocenters. The van der Waals surface area contributed by atoms with Crippen LogP contribution in [0.15, 0.2) is 42.5 Å². The first-order chi connectivity index (χ1) is 8.22. The number of halogens is 1. The van der Waals surface area contributed by atoms with E-state index in [0.29, 0.717) is 0 Å². The summed E-state index contributed by atoms with van der Waals surface area (Å²) in [7, 11) is 0. The Kier molecular flexibility index (Phi) is 10.1. The maximum Gasteiger partial charge on any atom is 0.330 e. The standard InChI is InChI=1S/C11H17N.C4H6O2.ClH/c1-11(2,12)9-8-10-6-4-3-5-7-10;1-3(2)4(5)6;/h3-7H,8-9,12H2,1-2H3;1H2,2H3,(H,5,6);1H. The van der Waals surface area contributed by atoms with E-state index in [2.05, 4.69) is 44.7 Å². The molecule has 0 heterocycles.